The van der Waals surface area contributed by atoms with Gasteiger partial charge in [0.2, 0.25) is 0 Å². The first-order chi connectivity index (χ1) is 12.5. The summed E-state index contributed by atoms with van der Waals surface area (Å²) in [5, 5.41) is 10.5. The van der Waals surface area contributed by atoms with Gasteiger partial charge in [-0.2, -0.15) is 5.10 Å². The van der Waals surface area contributed by atoms with Gasteiger partial charge in [0.05, 0.1) is 11.2 Å². The number of hydrogen-bond donors (Lipinski definition) is 1. The van der Waals surface area contributed by atoms with Crippen LogP contribution >= 0.6 is 11.6 Å². The number of aromatic amines is 1. The van der Waals surface area contributed by atoms with Crippen LogP contribution in [0.5, 0.6) is 5.75 Å². The molecule has 3 aromatic rings. The van der Waals surface area contributed by atoms with Crippen LogP contribution in [0.1, 0.15) is 21.8 Å². The Kier molecular flexibility index (Phi) is 5.52. The lowest BCUT2D eigenvalue weighted by Crippen LogP contribution is -2.29. The highest BCUT2D eigenvalue weighted by Crippen LogP contribution is 2.25. The molecule has 0 saturated heterocycles. The van der Waals surface area contributed by atoms with E-state index < -0.39 is 5.82 Å². The van der Waals surface area contributed by atoms with Gasteiger partial charge in [-0.15, -0.1) is 0 Å². The average molecular weight is 379 g/mol. The van der Waals surface area contributed by atoms with Gasteiger partial charge in [0, 0.05) is 25.9 Å². The van der Waals surface area contributed by atoms with E-state index in [0.717, 1.165) is 11.6 Å². The third-order valence-electron chi connectivity index (χ3n) is 3.68. The van der Waals surface area contributed by atoms with Crippen LogP contribution in [0.25, 0.3) is 0 Å². The molecule has 0 saturated carbocycles. The maximum atomic E-state index is 13.0. The minimum absolute atomic E-state index is 0.0182. The summed E-state index contributed by atoms with van der Waals surface area (Å²) in [6, 6.07) is 5.32. The number of amides is 1. The number of aromatic nitrogens is 3. The van der Waals surface area contributed by atoms with Crippen LogP contribution in [0, 0.1) is 5.82 Å². The summed E-state index contributed by atoms with van der Waals surface area (Å²) in [6.45, 7) is 0.534. The summed E-state index contributed by atoms with van der Waals surface area (Å²) in [5.41, 5.74) is 1.19. The molecule has 1 amide bonds. The number of hydrogen-bond acceptors (Lipinski definition) is 5. The molecule has 1 aromatic carbocycles. The maximum Gasteiger partial charge on any atom is 0.275 e. The lowest BCUT2D eigenvalue weighted by atomic mass is 10.2. The number of benzene rings is 1. The third-order valence-corrected chi connectivity index (χ3v) is 3.97. The van der Waals surface area contributed by atoms with Gasteiger partial charge < -0.3 is 14.2 Å². The Balaban J connectivity index is 1.55. The Morgan fingerprint density at radius 2 is 2.27 bits per heavy atom. The van der Waals surface area contributed by atoms with E-state index in [-0.39, 0.29) is 23.2 Å². The molecular weight excluding hydrogens is 363 g/mol. The zero-order valence-electron chi connectivity index (χ0n) is 13.9. The molecular formula is C17H16ClFN4O3. The van der Waals surface area contributed by atoms with Gasteiger partial charge in [-0.3, -0.25) is 9.89 Å². The second kappa shape index (κ2) is 8.01. The van der Waals surface area contributed by atoms with Crippen LogP contribution in [0.2, 0.25) is 5.02 Å². The molecule has 7 nitrogen and oxygen atoms in total. The molecule has 9 heteroatoms. The highest BCUT2D eigenvalue weighted by atomic mass is 35.5. The van der Waals surface area contributed by atoms with Crippen molar-refractivity contribution in [2.75, 3.05) is 13.6 Å². The summed E-state index contributed by atoms with van der Waals surface area (Å²) in [7, 11) is 1.69. The number of nitrogens with zero attached hydrogens (tertiary/aromatic N) is 3. The van der Waals surface area contributed by atoms with Crippen molar-refractivity contribution in [3.8, 4) is 5.75 Å². The smallest absolute Gasteiger partial charge is 0.275 e. The molecule has 26 heavy (non-hydrogen) atoms. The lowest BCUT2D eigenvalue weighted by molar-refractivity contribution is 0.0786. The normalized spacial score (nSPS) is 10.7. The van der Waals surface area contributed by atoms with Crippen LogP contribution < -0.4 is 4.74 Å². The molecule has 0 unspecified atom stereocenters. The van der Waals surface area contributed by atoms with E-state index in [9.17, 15) is 9.18 Å². The molecule has 0 aliphatic carbocycles. The third kappa shape index (κ3) is 4.40. The fraction of sp³-hybridized carbons (Fsp3) is 0.235. The number of rotatable bonds is 7. The van der Waals surface area contributed by atoms with E-state index in [1.54, 1.807) is 24.3 Å². The van der Waals surface area contributed by atoms with E-state index in [4.69, 9.17) is 20.9 Å². The van der Waals surface area contributed by atoms with Gasteiger partial charge >= 0.3 is 0 Å². The van der Waals surface area contributed by atoms with E-state index in [0.29, 0.717) is 24.5 Å². The zero-order chi connectivity index (χ0) is 18.5. The molecule has 0 radical (unpaired) electrons. The van der Waals surface area contributed by atoms with E-state index in [1.807, 2.05) is 0 Å². The predicted octanol–water partition coefficient (Wildman–Crippen LogP) is 3.08. The largest absolute Gasteiger partial charge is 0.484 e. The molecule has 2 heterocycles. The van der Waals surface area contributed by atoms with Gasteiger partial charge in [-0.1, -0.05) is 16.8 Å². The lowest BCUT2D eigenvalue weighted by Gasteiger charge is -2.14. The van der Waals surface area contributed by atoms with Gasteiger partial charge in [0.15, 0.2) is 11.5 Å². The van der Waals surface area contributed by atoms with Crippen molar-refractivity contribution in [1.82, 2.24) is 20.3 Å². The molecule has 2 aromatic heterocycles. The highest BCUT2D eigenvalue weighted by Gasteiger charge is 2.17. The van der Waals surface area contributed by atoms with Crippen molar-refractivity contribution in [3.05, 3.63) is 64.5 Å². The molecule has 0 aliphatic heterocycles. The van der Waals surface area contributed by atoms with Gasteiger partial charge in [0.1, 0.15) is 18.2 Å². The SMILES string of the molecule is CN(CCc1cn[nH]c1)C(=O)c1cc(COc2ccc(F)cc2Cl)on1. The summed E-state index contributed by atoms with van der Waals surface area (Å²) in [4.78, 5) is 13.9. The van der Waals surface area contributed by atoms with E-state index in [2.05, 4.69) is 15.4 Å². The first-order valence-corrected chi connectivity index (χ1v) is 8.17. The van der Waals surface area contributed by atoms with E-state index in [1.165, 1.54) is 18.2 Å². The molecule has 0 spiro atoms. The Morgan fingerprint density at radius 1 is 1.42 bits per heavy atom. The molecule has 0 aliphatic rings. The summed E-state index contributed by atoms with van der Waals surface area (Å²) < 4.78 is 23.6. The fourth-order valence-electron chi connectivity index (χ4n) is 2.23. The van der Waals surface area contributed by atoms with Crippen LogP contribution in [0.15, 0.2) is 41.2 Å². The Hall–Kier alpha value is -2.87. The summed E-state index contributed by atoms with van der Waals surface area (Å²) >= 11 is 5.89. The zero-order valence-corrected chi connectivity index (χ0v) is 14.7. The molecule has 0 bridgehead atoms. The van der Waals surface area contributed by atoms with Crippen molar-refractivity contribution in [2.45, 2.75) is 13.0 Å². The highest BCUT2D eigenvalue weighted by molar-refractivity contribution is 6.32. The molecule has 1 N–H and O–H groups in total. The quantitative estimate of drug-likeness (QED) is 0.683. The number of nitrogens with one attached hydrogen (secondary N) is 1. The van der Waals surface area contributed by atoms with Crippen LogP contribution in [0.4, 0.5) is 4.39 Å². The maximum absolute atomic E-state index is 13.0. The number of likely N-dealkylation sites (N-methyl/N-ethyl adjacent to an activating group) is 1. The first-order valence-electron chi connectivity index (χ1n) is 7.79. The molecule has 136 valence electrons. The average Bonchev–Trinajstić information content (AvgIpc) is 3.30. The van der Waals surface area contributed by atoms with Crippen LogP contribution in [0.3, 0.4) is 0 Å². The van der Waals surface area contributed by atoms with Gasteiger partial charge in [-0.05, 0) is 30.2 Å². The number of carbonyl (C=O) groups excluding carboxylic acids is 1. The minimum atomic E-state index is -0.451. The monoisotopic (exact) mass is 378 g/mol. The minimum Gasteiger partial charge on any atom is -0.484 e. The van der Waals surface area contributed by atoms with Gasteiger partial charge in [-0.25, -0.2) is 4.39 Å². The van der Waals surface area contributed by atoms with Crippen LogP contribution in [-0.2, 0) is 13.0 Å². The van der Waals surface area contributed by atoms with Gasteiger partial charge in [0.25, 0.3) is 5.91 Å². The predicted molar refractivity (Wildman–Crippen MR) is 91.5 cm³/mol. The van der Waals surface area contributed by atoms with Crippen molar-refractivity contribution in [2.24, 2.45) is 0 Å². The Bertz CT molecular complexity index is 882. The number of carbonyl (C=O) groups is 1. The second-order valence-corrected chi connectivity index (χ2v) is 6.03. The van der Waals surface area contributed by atoms with Crippen molar-refractivity contribution >= 4 is 17.5 Å². The van der Waals surface area contributed by atoms with Crippen molar-refractivity contribution < 1.29 is 18.4 Å². The number of halogens is 2. The first kappa shape index (κ1) is 17.9. The molecule has 0 atom stereocenters. The van der Waals surface area contributed by atoms with Crippen molar-refractivity contribution in [1.29, 1.82) is 0 Å². The summed E-state index contributed by atoms with van der Waals surface area (Å²) in [6.07, 6.45) is 4.17. The Morgan fingerprint density at radius 3 is 3.00 bits per heavy atom. The fourth-order valence-corrected chi connectivity index (χ4v) is 2.45. The molecule has 0 fully saturated rings. The standard InChI is InChI=1S/C17H16ClFN4O3/c1-23(5-4-11-8-20-21-9-11)17(24)15-7-13(26-22-15)10-25-16-3-2-12(19)6-14(16)18/h2-3,6-9H,4-5,10H2,1H3,(H,20,21). The van der Waals surface area contributed by atoms with Crippen LogP contribution in [-0.4, -0.2) is 39.8 Å². The Labute approximate surface area is 153 Å². The topological polar surface area (TPSA) is 84.2 Å². The van der Waals surface area contributed by atoms with Crippen molar-refractivity contribution in [3.63, 3.8) is 0 Å². The molecule has 3 rings (SSSR count). The second-order valence-electron chi connectivity index (χ2n) is 5.63. The summed E-state index contributed by atoms with van der Waals surface area (Å²) in [5.74, 6) is -0.0387. The number of H-pyrrole nitrogens is 1. The van der Waals surface area contributed by atoms with E-state index >= 15 is 0 Å². The number of ether oxygens (including phenoxy) is 1.